The third-order valence-corrected chi connectivity index (χ3v) is 3.87. The van der Waals surface area contributed by atoms with Crippen LogP contribution in [0.2, 0.25) is 0 Å². The average molecular weight is 328 g/mol. The van der Waals surface area contributed by atoms with E-state index in [0.29, 0.717) is 5.82 Å². The van der Waals surface area contributed by atoms with Gasteiger partial charge in [-0.1, -0.05) is 0 Å². The first kappa shape index (κ1) is 13.0. The molecule has 0 saturated carbocycles. The smallest absolute Gasteiger partial charge is 0.325 e. The number of hydrogen-bond acceptors (Lipinski definition) is 5. The number of carboxylic acid groups (broad SMARTS) is 1. The van der Waals surface area contributed by atoms with Gasteiger partial charge in [-0.25, -0.2) is 0 Å². The van der Waals surface area contributed by atoms with Gasteiger partial charge in [0.2, 0.25) is 0 Å². The highest BCUT2D eigenvalue weighted by atomic mass is 79.9. The molecular formula is C11H10BrN3O2S. The molecule has 94 valence electrons. The Morgan fingerprint density at radius 3 is 2.67 bits per heavy atom. The van der Waals surface area contributed by atoms with Gasteiger partial charge < -0.3 is 10.4 Å². The second kappa shape index (κ2) is 5.45. The van der Waals surface area contributed by atoms with Gasteiger partial charge in [-0.15, -0.1) is 21.5 Å². The quantitative estimate of drug-likeness (QED) is 0.903. The first-order chi connectivity index (χ1) is 8.56. The fourth-order valence-electron chi connectivity index (χ4n) is 1.28. The number of anilines is 1. The lowest BCUT2D eigenvalue weighted by atomic mass is 10.3. The molecule has 2 aromatic heterocycles. The van der Waals surface area contributed by atoms with Crippen LogP contribution in [0, 0.1) is 0 Å². The molecule has 0 radical (unpaired) electrons. The predicted molar refractivity (Wildman–Crippen MR) is 73.8 cm³/mol. The van der Waals surface area contributed by atoms with E-state index in [2.05, 4.69) is 31.4 Å². The maximum Gasteiger partial charge on any atom is 0.325 e. The molecule has 0 amide bonds. The zero-order valence-electron chi connectivity index (χ0n) is 9.42. The number of hydrogen-bond donors (Lipinski definition) is 2. The molecule has 0 aliphatic carbocycles. The number of nitrogens with one attached hydrogen (secondary N) is 1. The summed E-state index contributed by atoms with van der Waals surface area (Å²) in [7, 11) is 0. The fourth-order valence-corrected chi connectivity index (χ4v) is 2.63. The number of nitrogens with zero attached hydrogens (tertiary/aromatic N) is 2. The Morgan fingerprint density at radius 1 is 1.39 bits per heavy atom. The lowest BCUT2D eigenvalue weighted by molar-refractivity contribution is -0.137. The van der Waals surface area contributed by atoms with Gasteiger partial charge in [0.15, 0.2) is 0 Å². The maximum absolute atomic E-state index is 10.7. The van der Waals surface area contributed by atoms with Crippen molar-refractivity contribution in [2.45, 2.75) is 13.0 Å². The van der Waals surface area contributed by atoms with Crippen molar-refractivity contribution in [3.8, 4) is 10.6 Å². The van der Waals surface area contributed by atoms with E-state index in [1.807, 2.05) is 18.2 Å². The number of thiophene rings is 1. The number of aliphatic carboxylic acids is 1. The van der Waals surface area contributed by atoms with Gasteiger partial charge in [-0.05, 0) is 47.1 Å². The molecule has 0 saturated heterocycles. The van der Waals surface area contributed by atoms with Gasteiger partial charge in [-0.2, -0.15) is 0 Å². The second-order valence-electron chi connectivity index (χ2n) is 3.61. The summed E-state index contributed by atoms with van der Waals surface area (Å²) in [6, 6.07) is 6.73. The third kappa shape index (κ3) is 3.05. The molecule has 0 aromatic carbocycles. The lowest BCUT2D eigenvalue weighted by Gasteiger charge is -2.08. The largest absolute Gasteiger partial charge is 0.480 e. The van der Waals surface area contributed by atoms with E-state index < -0.39 is 12.0 Å². The molecule has 0 fully saturated rings. The molecule has 2 heterocycles. The van der Waals surface area contributed by atoms with Crippen molar-refractivity contribution >= 4 is 39.1 Å². The lowest BCUT2D eigenvalue weighted by Crippen LogP contribution is -2.25. The van der Waals surface area contributed by atoms with Crippen LogP contribution in [-0.4, -0.2) is 27.3 Å². The molecule has 0 aliphatic heterocycles. The standard InChI is InChI=1S/C11H10BrN3O2S/c1-6(11(16)17)13-10-5-2-7(14-15-10)8-3-4-9(12)18-8/h2-6H,1H3,(H,13,15)(H,16,17). The van der Waals surface area contributed by atoms with Crippen LogP contribution < -0.4 is 5.32 Å². The Kier molecular flexibility index (Phi) is 3.93. The van der Waals surface area contributed by atoms with Crippen LogP contribution in [0.4, 0.5) is 5.82 Å². The van der Waals surface area contributed by atoms with Gasteiger partial charge in [0.1, 0.15) is 17.6 Å². The average Bonchev–Trinajstić information content (AvgIpc) is 2.76. The monoisotopic (exact) mass is 327 g/mol. The van der Waals surface area contributed by atoms with E-state index in [4.69, 9.17) is 5.11 Å². The van der Waals surface area contributed by atoms with E-state index in [1.165, 1.54) is 0 Å². The molecule has 1 unspecified atom stereocenters. The zero-order valence-corrected chi connectivity index (χ0v) is 11.8. The first-order valence-corrected chi connectivity index (χ1v) is 6.76. The van der Waals surface area contributed by atoms with Crippen molar-refractivity contribution in [3.63, 3.8) is 0 Å². The Labute approximate surface area is 116 Å². The molecule has 0 spiro atoms. The molecule has 2 rings (SSSR count). The van der Waals surface area contributed by atoms with Crippen LogP contribution in [0.1, 0.15) is 6.92 Å². The van der Waals surface area contributed by atoms with Crippen LogP contribution >= 0.6 is 27.3 Å². The van der Waals surface area contributed by atoms with E-state index in [9.17, 15) is 4.79 Å². The highest BCUT2D eigenvalue weighted by molar-refractivity contribution is 9.11. The minimum Gasteiger partial charge on any atom is -0.480 e. The molecule has 2 aromatic rings. The Balaban J connectivity index is 2.13. The summed E-state index contributed by atoms with van der Waals surface area (Å²) in [5.41, 5.74) is 0.763. The molecule has 1 atom stereocenters. The SMILES string of the molecule is CC(Nc1ccc(-c2ccc(Br)s2)nn1)C(=O)O. The van der Waals surface area contributed by atoms with Crippen molar-refractivity contribution < 1.29 is 9.90 Å². The maximum atomic E-state index is 10.7. The van der Waals surface area contributed by atoms with Crippen molar-refractivity contribution in [3.05, 3.63) is 28.1 Å². The van der Waals surface area contributed by atoms with Crippen molar-refractivity contribution in [2.24, 2.45) is 0 Å². The zero-order chi connectivity index (χ0) is 13.1. The third-order valence-electron chi connectivity index (χ3n) is 2.23. The molecule has 18 heavy (non-hydrogen) atoms. The van der Waals surface area contributed by atoms with E-state index >= 15 is 0 Å². The van der Waals surface area contributed by atoms with Gasteiger partial charge in [-0.3, -0.25) is 4.79 Å². The summed E-state index contributed by atoms with van der Waals surface area (Å²) in [6.07, 6.45) is 0. The Morgan fingerprint density at radius 2 is 2.17 bits per heavy atom. The molecule has 0 bridgehead atoms. The number of aromatic nitrogens is 2. The van der Waals surface area contributed by atoms with Gasteiger partial charge in [0.05, 0.1) is 8.66 Å². The van der Waals surface area contributed by atoms with E-state index in [-0.39, 0.29) is 0 Å². The highest BCUT2D eigenvalue weighted by Crippen LogP contribution is 2.29. The normalized spacial score (nSPS) is 12.1. The predicted octanol–water partition coefficient (Wildman–Crippen LogP) is 2.85. The second-order valence-corrected chi connectivity index (χ2v) is 6.07. The Bertz CT molecular complexity index is 556. The number of halogens is 1. The first-order valence-electron chi connectivity index (χ1n) is 5.15. The van der Waals surface area contributed by atoms with Crippen molar-refractivity contribution in [1.82, 2.24) is 10.2 Å². The minimum atomic E-state index is -0.928. The van der Waals surface area contributed by atoms with E-state index in [0.717, 1.165) is 14.4 Å². The molecule has 2 N–H and O–H groups in total. The summed E-state index contributed by atoms with van der Waals surface area (Å²) in [4.78, 5) is 11.7. The topological polar surface area (TPSA) is 75.1 Å². The van der Waals surface area contributed by atoms with Crippen LogP contribution in [0.25, 0.3) is 10.6 Å². The summed E-state index contributed by atoms with van der Waals surface area (Å²) >= 11 is 4.95. The van der Waals surface area contributed by atoms with Gasteiger partial charge in [0.25, 0.3) is 0 Å². The number of rotatable bonds is 4. The number of carboxylic acids is 1. The summed E-state index contributed by atoms with van der Waals surface area (Å²) < 4.78 is 1.03. The van der Waals surface area contributed by atoms with Crippen molar-refractivity contribution in [2.75, 3.05) is 5.32 Å². The molecule has 7 heteroatoms. The Hall–Kier alpha value is -1.47. The number of carbonyl (C=O) groups is 1. The van der Waals surface area contributed by atoms with Crippen molar-refractivity contribution in [1.29, 1.82) is 0 Å². The summed E-state index contributed by atoms with van der Waals surface area (Å²) in [5.74, 6) is -0.479. The van der Waals surface area contributed by atoms with Crippen LogP contribution in [0.5, 0.6) is 0 Å². The van der Waals surface area contributed by atoms with Crippen LogP contribution in [0.15, 0.2) is 28.1 Å². The van der Waals surface area contributed by atoms with Crippen LogP contribution in [0.3, 0.4) is 0 Å². The van der Waals surface area contributed by atoms with Gasteiger partial charge in [0, 0.05) is 0 Å². The van der Waals surface area contributed by atoms with Crippen LogP contribution in [-0.2, 0) is 4.79 Å². The van der Waals surface area contributed by atoms with E-state index in [1.54, 1.807) is 24.3 Å². The summed E-state index contributed by atoms with van der Waals surface area (Å²) in [6.45, 7) is 1.55. The molecule has 0 aliphatic rings. The minimum absolute atomic E-state index is 0.448. The summed E-state index contributed by atoms with van der Waals surface area (Å²) in [5, 5.41) is 19.5. The highest BCUT2D eigenvalue weighted by Gasteiger charge is 2.11. The molecular weight excluding hydrogens is 318 g/mol. The van der Waals surface area contributed by atoms with Gasteiger partial charge >= 0.3 is 5.97 Å². The fraction of sp³-hybridized carbons (Fsp3) is 0.182. The molecule has 5 nitrogen and oxygen atoms in total.